The van der Waals surface area contributed by atoms with Crippen molar-refractivity contribution in [3.63, 3.8) is 0 Å². The highest BCUT2D eigenvalue weighted by atomic mass is 16.5. The molecule has 4 heterocycles. The number of benzene rings is 2. The minimum Gasteiger partial charge on any atom is -0.380 e. The van der Waals surface area contributed by atoms with E-state index in [1.165, 1.54) is 11.1 Å². The molecule has 0 atom stereocenters. The van der Waals surface area contributed by atoms with Crippen molar-refractivity contribution in [3.05, 3.63) is 71.5 Å². The number of rotatable bonds is 3. The van der Waals surface area contributed by atoms with Gasteiger partial charge in [0.1, 0.15) is 17.2 Å². The van der Waals surface area contributed by atoms with Gasteiger partial charge in [0.05, 0.1) is 35.7 Å². The van der Waals surface area contributed by atoms with Gasteiger partial charge in [0.25, 0.3) is 0 Å². The lowest BCUT2D eigenvalue weighted by Gasteiger charge is -2.26. The van der Waals surface area contributed by atoms with Crippen LogP contribution in [-0.2, 0) is 4.74 Å². The molecule has 2 aromatic carbocycles. The van der Waals surface area contributed by atoms with E-state index in [-0.39, 0.29) is 5.92 Å². The maximum Gasteiger partial charge on any atom is 0.157 e. The van der Waals surface area contributed by atoms with Crippen molar-refractivity contribution >= 4 is 21.9 Å². The summed E-state index contributed by atoms with van der Waals surface area (Å²) in [5.74, 6) is 2.04. The zero-order chi connectivity index (χ0) is 21.1. The molecule has 0 saturated carbocycles. The van der Waals surface area contributed by atoms with Gasteiger partial charge in [0.2, 0.25) is 0 Å². The first-order valence-corrected chi connectivity index (χ1v) is 10.5. The van der Waals surface area contributed by atoms with Gasteiger partial charge in [-0.25, -0.2) is 4.98 Å². The number of nitrogens with zero attached hydrogens (tertiary/aromatic N) is 4. The predicted molar refractivity (Wildman–Crippen MR) is 120 cm³/mol. The molecular formula is C25H22N4O2. The van der Waals surface area contributed by atoms with Crippen LogP contribution in [0, 0.1) is 20.8 Å². The Hall–Kier alpha value is -3.51. The Kier molecular flexibility index (Phi) is 3.98. The molecule has 3 aromatic heterocycles. The van der Waals surface area contributed by atoms with E-state index in [4.69, 9.17) is 14.2 Å². The van der Waals surface area contributed by atoms with E-state index >= 15 is 0 Å². The number of hydrogen-bond acceptors (Lipinski definition) is 5. The minimum atomic E-state index is 0.254. The summed E-state index contributed by atoms with van der Waals surface area (Å²) >= 11 is 0. The number of fused-ring (bicyclic) bond motifs is 2. The Labute approximate surface area is 179 Å². The Morgan fingerprint density at radius 3 is 2.61 bits per heavy atom. The third kappa shape index (κ3) is 2.65. The first kappa shape index (κ1) is 18.3. The van der Waals surface area contributed by atoms with Gasteiger partial charge in [-0.1, -0.05) is 29.4 Å². The molecule has 6 nitrogen and oxygen atoms in total. The molecule has 6 rings (SSSR count). The zero-order valence-electron chi connectivity index (χ0n) is 17.7. The van der Waals surface area contributed by atoms with Gasteiger partial charge in [0.15, 0.2) is 5.76 Å². The average molecular weight is 410 g/mol. The van der Waals surface area contributed by atoms with E-state index in [1.807, 2.05) is 26.1 Å². The fraction of sp³-hybridized carbons (Fsp3) is 0.240. The summed E-state index contributed by atoms with van der Waals surface area (Å²) in [6.45, 7) is 7.43. The molecule has 0 bridgehead atoms. The highest BCUT2D eigenvalue weighted by Crippen LogP contribution is 2.39. The number of imidazole rings is 1. The molecule has 0 aliphatic carbocycles. The van der Waals surface area contributed by atoms with Crippen LogP contribution in [0.1, 0.15) is 28.8 Å². The van der Waals surface area contributed by atoms with Crippen LogP contribution in [0.3, 0.4) is 0 Å². The summed E-state index contributed by atoms with van der Waals surface area (Å²) < 4.78 is 13.2. The first-order valence-electron chi connectivity index (χ1n) is 10.5. The molecule has 0 N–H and O–H groups in total. The van der Waals surface area contributed by atoms with E-state index in [9.17, 15) is 0 Å². The smallest absolute Gasteiger partial charge is 0.157 e. The Morgan fingerprint density at radius 1 is 1.00 bits per heavy atom. The number of ether oxygens (including phenoxy) is 1. The van der Waals surface area contributed by atoms with E-state index in [0.717, 1.165) is 50.5 Å². The molecule has 0 amide bonds. The summed E-state index contributed by atoms with van der Waals surface area (Å²) in [5, 5.41) is 5.33. The molecule has 0 radical (unpaired) electrons. The van der Waals surface area contributed by atoms with Gasteiger partial charge in [-0.15, -0.1) is 0 Å². The minimum absolute atomic E-state index is 0.254. The maximum atomic E-state index is 5.51. The largest absolute Gasteiger partial charge is 0.380 e. The second-order valence-corrected chi connectivity index (χ2v) is 8.21. The van der Waals surface area contributed by atoms with Crippen molar-refractivity contribution in [1.82, 2.24) is 19.7 Å². The number of hydrogen-bond donors (Lipinski definition) is 0. The van der Waals surface area contributed by atoms with Gasteiger partial charge < -0.3 is 9.26 Å². The second-order valence-electron chi connectivity index (χ2n) is 8.21. The number of aryl methyl sites for hydroxylation is 3. The number of aromatic nitrogens is 4. The topological polar surface area (TPSA) is 66.0 Å². The quantitative estimate of drug-likeness (QED) is 0.405. The normalized spacial score (nSPS) is 14.4. The molecule has 1 aliphatic rings. The van der Waals surface area contributed by atoms with Gasteiger partial charge in [-0.05, 0) is 50.1 Å². The number of pyridine rings is 1. The van der Waals surface area contributed by atoms with Crippen LogP contribution in [0.25, 0.3) is 38.8 Å². The summed E-state index contributed by atoms with van der Waals surface area (Å²) in [6, 6.07) is 14.7. The first-order chi connectivity index (χ1) is 15.1. The molecule has 5 aromatic rings. The van der Waals surface area contributed by atoms with Crippen LogP contribution in [0.5, 0.6) is 0 Å². The van der Waals surface area contributed by atoms with E-state index in [1.54, 1.807) is 0 Å². The lowest BCUT2D eigenvalue weighted by molar-refractivity contribution is 0.00446. The van der Waals surface area contributed by atoms with Gasteiger partial charge in [-0.2, -0.15) is 0 Å². The van der Waals surface area contributed by atoms with Crippen LogP contribution < -0.4 is 0 Å². The van der Waals surface area contributed by atoms with Crippen molar-refractivity contribution in [1.29, 1.82) is 0 Å². The van der Waals surface area contributed by atoms with Crippen LogP contribution in [0.4, 0.5) is 0 Å². The number of para-hydroxylation sites is 1. The average Bonchev–Trinajstić information content (AvgIpc) is 3.26. The Balaban J connectivity index is 1.71. The molecule has 0 unspecified atom stereocenters. The molecule has 6 heteroatoms. The van der Waals surface area contributed by atoms with Gasteiger partial charge in [-0.3, -0.25) is 9.55 Å². The third-order valence-electron chi connectivity index (χ3n) is 6.20. The Morgan fingerprint density at radius 2 is 1.87 bits per heavy atom. The van der Waals surface area contributed by atoms with Crippen LogP contribution >= 0.6 is 0 Å². The van der Waals surface area contributed by atoms with Gasteiger partial charge in [0, 0.05) is 17.1 Å². The predicted octanol–water partition coefficient (Wildman–Crippen LogP) is 5.27. The summed E-state index contributed by atoms with van der Waals surface area (Å²) in [4.78, 5) is 9.75. The maximum absolute atomic E-state index is 5.51. The summed E-state index contributed by atoms with van der Waals surface area (Å²) in [5.41, 5.74) is 8.33. The highest BCUT2D eigenvalue weighted by molar-refractivity contribution is 6.04. The summed E-state index contributed by atoms with van der Waals surface area (Å²) in [7, 11) is 0. The van der Waals surface area contributed by atoms with E-state index < -0.39 is 0 Å². The zero-order valence-corrected chi connectivity index (χ0v) is 17.7. The standard InChI is InChI=1S/C25H22N4O2/c1-14-9-10-20-18(7-5-11-26-20)22(14)19-6-4-8-21-23(19)27-25(17-12-30-13-17)29(21)24-15(2)28-31-16(24)3/h4-11,17H,12-13H2,1-3H3. The van der Waals surface area contributed by atoms with Gasteiger partial charge >= 0.3 is 0 Å². The fourth-order valence-electron chi connectivity index (χ4n) is 4.63. The van der Waals surface area contributed by atoms with Crippen molar-refractivity contribution in [3.8, 4) is 16.8 Å². The van der Waals surface area contributed by atoms with Crippen molar-refractivity contribution in [2.45, 2.75) is 26.7 Å². The van der Waals surface area contributed by atoms with Crippen molar-refractivity contribution in [2.75, 3.05) is 13.2 Å². The lowest BCUT2D eigenvalue weighted by Crippen LogP contribution is -2.28. The van der Waals surface area contributed by atoms with Crippen molar-refractivity contribution < 1.29 is 9.26 Å². The molecular weight excluding hydrogens is 388 g/mol. The molecule has 1 aliphatic heterocycles. The fourth-order valence-corrected chi connectivity index (χ4v) is 4.63. The van der Waals surface area contributed by atoms with E-state index in [2.05, 4.69) is 58.0 Å². The van der Waals surface area contributed by atoms with Crippen LogP contribution in [-0.4, -0.2) is 32.9 Å². The Bertz CT molecular complexity index is 1440. The van der Waals surface area contributed by atoms with Crippen molar-refractivity contribution in [2.24, 2.45) is 0 Å². The molecule has 31 heavy (non-hydrogen) atoms. The third-order valence-corrected chi connectivity index (χ3v) is 6.20. The molecule has 1 fully saturated rings. The van der Waals surface area contributed by atoms with Crippen LogP contribution in [0.2, 0.25) is 0 Å². The summed E-state index contributed by atoms with van der Waals surface area (Å²) in [6.07, 6.45) is 1.84. The molecule has 154 valence electrons. The SMILES string of the molecule is Cc1ccc2ncccc2c1-c1cccc2c1nc(C1COC1)n2-c1c(C)noc1C. The molecule has 0 spiro atoms. The second kappa shape index (κ2) is 6.75. The highest BCUT2D eigenvalue weighted by Gasteiger charge is 2.30. The monoisotopic (exact) mass is 410 g/mol. The van der Waals surface area contributed by atoms with Crippen LogP contribution in [0.15, 0.2) is 53.2 Å². The lowest BCUT2D eigenvalue weighted by atomic mass is 9.95. The van der Waals surface area contributed by atoms with E-state index in [0.29, 0.717) is 13.2 Å². The molecule has 1 saturated heterocycles.